The van der Waals surface area contributed by atoms with E-state index < -0.39 is 5.97 Å². The van der Waals surface area contributed by atoms with Crippen LogP contribution >= 0.6 is 0 Å². The predicted molar refractivity (Wildman–Crippen MR) is 51.3 cm³/mol. The summed E-state index contributed by atoms with van der Waals surface area (Å²) in [6.45, 7) is 1.88. The van der Waals surface area contributed by atoms with E-state index in [-0.39, 0.29) is 11.5 Å². The monoisotopic (exact) mass is 207 g/mol. The molecule has 0 bridgehead atoms. The molecule has 0 saturated heterocycles. The third-order valence-corrected chi connectivity index (χ3v) is 1.78. The molecule has 1 aromatic rings. The van der Waals surface area contributed by atoms with Crippen LogP contribution in [0.15, 0.2) is 24.3 Å². The first-order chi connectivity index (χ1) is 7.13. The van der Waals surface area contributed by atoms with Crippen LogP contribution in [0, 0.1) is 0 Å². The number of hydrogen-bond donors (Lipinski definition) is 0. The number of benzene rings is 1. The number of hydrogen-bond acceptors (Lipinski definition) is 4. The summed E-state index contributed by atoms with van der Waals surface area (Å²) in [4.78, 5) is 21.5. The van der Waals surface area contributed by atoms with Crippen LogP contribution in [0.25, 0.3) is 0 Å². The molecule has 0 aliphatic rings. The van der Waals surface area contributed by atoms with Crippen LogP contribution in [0.2, 0.25) is 0 Å². The van der Waals surface area contributed by atoms with Gasteiger partial charge in [-0.1, -0.05) is 6.92 Å². The quantitative estimate of drug-likeness (QED) is 0.540. The van der Waals surface area contributed by atoms with Gasteiger partial charge in [-0.05, 0) is 36.2 Å². The molecule has 0 aliphatic carbocycles. The topological polar surface area (TPSA) is 66.4 Å². The minimum absolute atomic E-state index is 0.0605. The number of carbonyl (C=O) groups excluding carboxylic acids is 2. The van der Waals surface area contributed by atoms with Crippen LogP contribution < -0.4 is 9.84 Å². The van der Waals surface area contributed by atoms with Gasteiger partial charge in [0.25, 0.3) is 0 Å². The third-order valence-electron chi connectivity index (χ3n) is 1.78. The maximum absolute atomic E-state index is 11.1. The number of rotatable bonds is 4. The lowest BCUT2D eigenvalue weighted by Crippen LogP contribution is -2.22. The molecule has 4 heteroatoms. The van der Waals surface area contributed by atoms with Crippen molar-refractivity contribution in [3.63, 3.8) is 0 Å². The lowest BCUT2D eigenvalue weighted by atomic mass is 10.2. The van der Waals surface area contributed by atoms with Crippen molar-refractivity contribution in [1.29, 1.82) is 0 Å². The average Bonchev–Trinajstić information content (AvgIpc) is 2.18. The Bertz CT molecular complexity index is 353. The number of carbonyl (C=O) groups is 2. The third kappa shape index (κ3) is 3.42. The molecular weight excluding hydrogens is 196 g/mol. The SMILES string of the molecule is CCCC(=O)Oc1ccc(C(=O)[O-])cc1. The van der Waals surface area contributed by atoms with E-state index in [1.807, 2.05) is 6.92 Å². The van der Waals surface area contributed by atoms with E-state index in [2.05, 4.69) is 0 Å². The van der Waals surface area contributed by atoms with E-state index in [0.717, 1.165) is 6.42 Å². The van der Waals surface area contributed by atoms with Gasteiger partial charge in [0.05, 0.1) is 5.97 Å². The molecule has 0 N–H and O–H groups in total. The van der Waals surface area contributed by atoms with Gasteiger partial charge in [0.1, 0.15) is 5.75 Å². The molecule has 0 saturated carbocycles. The Morgan fingerprint density at radius 1 is 1.27 bits per heavy atom. The van der Waals surface area contributed by atoms with Crippen molar-refractivity contribution >= 4 is 11.9 Å². The zero-order valence-electron chi connectivity index (χ0n) is 8.36. The second kappa shape index (κ2) is 5.14. The Balaban J connectivity index is 2.64. The first-order valence-corrected chi connectivity index (χ1v) is 4.65. The summed E-state index contributed by atoms with van der Waals surface area (Å²) in [5, 5.41) is 10.4. The van der Waals surface area contributed by atoms with Gasteiger partial charge >= 0.3 is 5.97 Å². The summed E-state index contributed by atoms with van der Waals surface area (Å²) in [6, 6.07) is 5.53. The second-order valence-electron chi connectivity index (χ2n) is 3.04. The Morgan fingerprint density at radius 2 is 1.87 bits per heavy atom. The van der Waals surface area contributed by atoms with Gasteiger partial charge in [0.2, 0.25) is 0 Å². The Hall–Kier alpha value is -1.84. The lowest BCUT2D eigenvalue weighted by molar-refractivity contribution is -0.255. The zero-order valence-corrected chi connectivity index (χ0v) is 8.36. The predicted octanol–water partition coefficient (Wildman–Crippen LogP) is 0.756. The molecule has 0 amide bonds. The maximum atomic E-state index is 11.1. The molecule has 0 atom stereocenters. The molecule has 15 heavy (non-hydrogen) atoms. The van der Waals surface area contributed by atoms with Crippen molar-refractivity contribution in [1.82, 2.24) is 0 Å². The fourth-order valence-electron chi connectivity index (χ4n) is 1.05. The van der Waals surface area contributed by atoms with Crippen molar-refractivity contribution in [2.45, 2.75) is 19.8 Å². The zero-order chi connectivity index (χ0) is 11.3. The number of carboxylic acids is 1. The average molecular weight is 207 g/mol. The van der Waals surface area contributed by atoms with Crippen molar-refractivity contribution in [3.05, 3.63) is 29.8 Å². The summed E-state index contributed by atoms with van der Waals surface area (Å²) in [5.74, 6) is -1.22. The summed E-state index contributed by atoms with van der Waals surface area (Å²) < 4.78 is 4.94. The van der Waals surface area contributed by atoms with Gasteiger partial charge in [-0.2, -0.15) is 0 Å². The highest BCUT2D eigenvalue weighted by Gasteiger charge is 2.02. The van der Waals surface area contributed by atoms with Crippen molar-refractivity contribution in [2.75, 3.05) is 0 Å². The summed E-state index contributed by atoms with van der Waals surface area (Å²) in [5.41, 5.74) is 0.0605. The summed E-state index contributed by atoms with van der Waals surface area (Å²) in [7, 11) is 0. The van der Waals surface area contributed by atoms with Gasteiger partial charge < -0.3 is 14.6 Å². The molecule has 0 fully saturated rings. The molecule has 1 rings (SSSR count). The van der Waals surface area contributed by atoms with Crippen LogP contribution in [0.3, 0.4) is 0 Å². The molecule has 0 spiro atoms. The second-order valence-corrected chi connectivity index (χ2v) is 3.04. The van der Waals surface area contributed by atoms with E-state index in [1.54, 1.807) is 0 Å². The van der Waals surface area contributed by atoms with Crippen molar-refractivity contribution < 1.29 is 19.4 Å². The first-order valence-electron chi connectivity index (χ1n) is 4.65. The number of carboxylic acid groups (broad SMARTS) is 1. The van der Waals surface area contributed by atoms with Gasteiger partial charge in [-0.25, -0.2) is 0 Å². The fourth-order valence-corrected chi connectivity index (χ4v) is 1.05. The van der Waals surface area contributed by atoms with Gasteiger partial charge in [0.15, 0.2) is 0 Å². The highest BCUT2D eigenvalue weighted by atomic mass is 16.5. The van der Waals surface area contributed by atoms with E-state index in [9.17, 15) is 14.7 Å². The molecular formula is C11H11O4-. The van der Waals surface area contributed by atoms with E-state index in [4.69, 9.17) is 4.74 Å². The molecule has 0 unspecified atom stereocenters. The smallest absolute Gasteiger partial charge is 0.311 e. The summed E-state index contributed by atoms with van der Waals surface area (Å²) in [6.07, 6.45) is 1.07. The molecule has 4 nitrogen and oxygen atoms in total. The van der Waals surface area contributed by atoms with Crippen LogP contribution in [0.4, 0.5) is 0 Å². The van der Waals surface area contributed by atoms with Crippen molar-refractivity contribution in [2.24, 2.45) is 0 Å². The molecule has 0 heterocycles. The number of ether oxygens (including phenoxy) is 1. The van der Waals surface area contributed by atoms with Crippen LogP contribution in [0.1, 0.15) is 30.1 Å². The molecule has 0 aromatic heterocycles. The lowest BCUT2D eigenvalue weighted by Gasteiger charge is -2.05. The van der Waals surface area contributed by atoms with Gasteiger partial charge in [-0.15, -0.1) is 0 Å². The Labute approximate surface area is 87.5 Å². The Kier molecular flexibility index (Phi) is 3.85. The van der Waals surface area contributed by atoms with E-state index >= 15 is 0 Å². The minimum atomic E-state index is -1.25. The molecule has 0 radical (unpaired) electrons. The highest BCUT2D eigenvalue weighted by Crippen LogP contribution is 2.12. The normalized spacial score (nSPS) is 9.67. The van der Waals surface area contributed by atoms with Crippen LogP contribution in [-0.2, 0) is 4.79 Å². The molecule has 80 valence electrons. The van der Waals surface area contributed by atoms with Crippen LogP contribution in [-0.4, -0.2) is 11.9 Å². The van der Waals surface area contributed by atoms with Crippen molar-refractivity contribution in [3.8, 4) is 5.75 Å². The fraction of sp³-hybridized carbons (Fsp3) is 0.273. The maximum Gasteiger partial charge on any atom is 0.311 e. The first kappa shape index (κ1) is 11.2. The van der Waals surface area contributed by atoms with Crippen LogP contribution in [0.5, 0.6) is 5.75 Å². The van der Waals surface area contributed by atoms with Gasteiger partial charge in [-0.3, -0.25) is 4.79 Å². The van der Waals surface area contributed by atoms with Gasteiger partial charge in [0, 0.05) is 6.42 Å². The standard InChI is InChI=1S/C11H12O4/c1-2-3-10(12)15-9-6-4-8(5-7-9)11(13)14/h4-7H,2-3H2,1H3,(H,13,14)/p-1. The molecule has 0 aliphatic heterocycles. The largest absolute Gasteiger partial charge is 0.545 e. The summed E-state index contributed by atoms with van der Waals surface area (Å²) >= 11 is 0. The number of aromatic carboxylic acids is 1. The van der Waals surface area contributed by atoms with E-state index in [1.165, 1.54) is 24.3 Å². The molecule has 1 aromatic carbocycles. The highest BCUT2D eigenvalue weighted by molar-refractivity contribution is 5.86. The Morgan fingerprint density at radius 3 is 2.33 bits per heavy atom. The number of esters is 1. The van der Waals surface area contributed by atoms with E-state index in [0.29, 0.717) is 12.2 Å². The minimum Gasteiger partial charge on any atom is -0.545 e.